The monoisotopic (exact) mass is 407 g/mol. The molecule has 0 aromatic heterocycles. The first kappa shape index (κ1) is 20.8. The summed E-state index contributed by atoms with van der Waals surface area (Å²) in [7, 11) is -3.62. The van der Waals surface area contributed by atoms with Crippen molar-refractivity contribution in [2.24, 2.45) is 5.92 Å². The van der Waals surface area contributed by atoms with Gasteiger partial charge in [-0.15, -0.1) is 0 Å². The van der Waals surface area contributed by atoms with Crippen molar-refractivity contribution in [3.8, 4) is 0 Å². The molecule has 1 saturated heterocycles. The maximum Gasteiger partial charge on any atom is 0.240 e. The van der Waals surface area contributed by atoms with Gasteiger partial charge in [0.15, 0.2) is 0 Å². The van der Waals surface area contributed by atoms with Crippen LogP contribution >= 0.6 is 0 Å². The molecule has 0 radical (unpaired) electrons. The molecule has 154 valence electrons. The molecule has 2 amide bonds. The molecule has 1 heterocycles. The molecule has 1 aliphatic heterocycles. The summed E-state index contributed by atoms with van der Waals surface area (Å²) in [6, 6.07) is 5.03. The van der Waals surface area contributed by atoms with Crippen molar-refractivity contribution in [1.29, 1.82) is 0 Å². The third-order valence-corrected chi connectivity index (χ3v) is 6.99. The van der Waals surface area contributed by atoms with Crippen LogP contribution in [0.3, 0.4) is 0 Å². The second-order valence-electron chi connectivity index (χ2n) is 7.84. The summed E-state index contributed by atoms with van der Waals surface area (Å²) in [6.07, 6.45) is 3.60. The summed E-state index contributed by atoms with van der Waals surface area (Å²) in [5.41, 5.74) is 1.94. The van der Waals surface area contributed by atoms with Crippen molar-refractivity contribution < 1.29 is 18.0 Å². The molecule has 2 aliphatic rings. The molecule has 1 aromatic rings. The molecule has 2 N–H and O–H groups in total. The fourth-order valence-electron chi connectivity index (χ4n) is 3.40. The maximum absolute atomic E-state index is 12.3. The van der Waals surface area contributed by atoms with Gasteiger partial charge in [0.05, 0.1) is 4.90 Å². The Hall–Kier alpha value is -1.93. The SMILES string of the molecule is Cc1ccc(S(=O)(=O)NCCC(=O)NC2CCN(C(=O)C3CC3)CC2)cc1C. The van der Waals surface area contributed by atoms with Crippen LogP contribution in [0.5, 0.6) is 0 Å². The van der Waals surface area contributed by atoms with Crippen LogP contribution in [0.2, 0.25) is 0 Å². The van der Waals surface area contributed by atoms with Crippen molar-refractivity contribution >= 4 is 21.8 Å². The molecular weight excluding hydrogens is 378 g/mol. The van der Waals surface area contributed by atoms with Crippen LogP contribution in [0.4, 0.5) is 0 Å². The summed E-state index contributed by atoms with van der Waals surface area (Å²) >= 11 is 0. The lowest BCUT2D eigenvalue weighted by atomic mass is 10.0. The number of nitrogens with zero attached hydrogens (tertiary/aromatic N) is 1. The number of carbonyl (C=O) groups is 2. The first-order valence-electron chi connectivity index (χ1n) is 9.91. The zero-order chi connectivity index (χ0) is 20.3. The minimum Gasteiger partial charge on any atom is -0.353 e. The van der Waals surface area contributed by atoms with E-state index >= 15 is 0 Å². The Bertz CT molecular complexity index is 841. The first-order valence-corrected chi connectivity index (χ1v) is 11.4. The molecule has 28 heavy (non-hydrogen) atoms. The van der Waals surface area contributed by atoms with Gasteiger partial charge in [0.2, 0.25) is 21.8 Å². The topological polar surface area (TPSA) is 95.6 Å². The Morgan fingerprint density at radius 2 is 1.75 bits per heavy atom. The van der Waals surface area contributed by atoms with E-state index in [1.165, 1.54) is 0 Å². The van der Waals surface area contributed by atoms with Crippen molar-refractivity contribution in [3.05, 3.63) is 29.3 Å². The number of piperidine rings is 1. The quantitative estimate of drug-likeness (QED) is 0.716. The van der Waals surface area contributed by atoms with E-state index in [0.29, 0.717) is 13.1 Å². The number of likely N-dealkylation sites (tertiary alicyclic amines) is 1. The standard InChI is InChI=1S/C20H29N3O4S/c1-14-3-6-18(13-15(14)2)28(26,27)21-10-7-19(24)22-17-8-11-23(12-9-17)20(25)16-4-5-16/h3,6,13,16-17,21H,4-5,7-12H2,1-2H3,(H,22,24). The normalized spacial score (nSPS) is 18.1. The molecule has 1 aromatic carbocycles. The largest absolute Gasteiger partial charge is 0.353 e. The van der Waals surface area contributed by atoms with E-state index in [4.69, 9.17) is 0 Å². The van der Waals surface area contributed by atoms with Gasteiger partial charge < -0.3 is 10.2 Å². The minimum atomic E-state index is -3.62. The lowest BCUT2D eigenvalue weighted by Crippen LogP contribution is -2.47. The third-order valence-electron chi connectivity index (χ3n) is 5.53. The summed E-state index contributed by atoms with van der Waals surface area (Å²) in [6.45, 7) is 5.21. The van der Waals surface area contributed by atoms with E-state index < -0.39 is 10.0 Å². The second kappa shape index (κ2) is 8.61. The molecule has 1 aliphatic carbocycles. The minimum absolute atomic E-state index is 0.0482. The molecule has 1 saturated carbocycles. The van der Waals surface area contributed by atoms with E-state index in [0.717, 1.165) is 36.8 Å². The Balaban J connectivity index is 1.39. The van der Waals surface area contributed by atoms with Crippen LogP contribution in [0.15, 0.2) is 23.1 Å². The van der Waals surface area contributed by atoms with Crippen molar-refractivity contribution in [1.82, 2.24) is 14.9 Å². The number of hydrogen-bond donors (Lipinski definition) is 2. The van der Waals surface area contributed by atoms with Crippen LogP contribution in [-0.2, 0) is 19.6 Å². The molecule has 3 rings (SSSR count). The number of aryl methyl sites for hydroxylation is 2. The number of nitrogens with one attached hydrogen (secondary N) is 2. The fraction of sp³-hybridized carbons (Fsp3) is 0.600. The lowest BCUT2D eigenvalue weighted by Gasteiger charge is -2.32. The van der Waals surface area contributed by atoms with Crippen LogP contribution in [-0.4, -0.2) is 50.8 Å². The van der Waals surface area contributed by atoms with Crippen molar-refractivity contribution in [2.45, 2.75) is 56.9 Å². The van der Waals surface area contributed by atoms with Crippen LogP contribution in [0, 0.1) is 19.8 Å². The number of rotatable bonds is 7. The third kappa shape index (κ3) is 5.32. The highest BCUT2D eigenvalue weighted by molar-refractivity contribution is 7.89. The van der Waals surface area contributed by atoms with E-state index in [2.05, 4.69) is 10.0 Å². The van der Waals surface area contributed by atoms with E-state index in [1.807, 2.05) is 18.7 Å². The predicted octanol–water partition coefficient (Wildman–Crippen LogP) is 1.49. The highest BCUT2D eigenvalue weighted by Gasteiger charge is 2.35. The Morgan fingerprint density at radius 3 is 2.36 bits per heavy atom. The first-order chi connectivity index (χ1) is 13.3. The Morgan fingerprint density at radius 1 is 1.07 bits per heavy atom. The lowest BCUT2D eigenvalue weighted by molar-refractivity contribution is -0.133. The van der Waals surface area contributed by atoms with Crippen LogP contribution in [0.1, 0.15) is 43.2 Å². The number of amides is 2. The van der Waals surface area contributed by atoms with Gasteiger partial charge in [-0.2, -0.15) is 0 Å². The molecule has 7 nitrogen and oxygen atoms in total. The Labute approximate surface area is 166 Å². The highest BCUT2D eigenvalue weighted by Crippen LogP contribution is 2.31. The summed E-state index contributed by atoms with van der Waals surface area (Å²) in [5.74, 6) is 0.316. The summed E-state index contributed by atoms with van der Waals surface area (Å²) < 4.78 is 27.2. The number of hydrogen-bond acceptors (Lipinski definition) is 4. The van der Waals surface area contributed by atoms with Gasteiger partial charge in [-0.3, -0.25) is 9.59 Å². The zero-order valence-corrected chi connectivity index (χ0v) is 17.3. The van der Waals surface area contributed by atoms with E-state index in [-0.39, 0.29) is 41.6 Å². The van der Waals surface area contributed by atoms with Gasteiger partial charge in [-0.05, 0) is 62.8 Å². The van der Waals surface area contributed by atoms with Gasteiger partial charge in [0.25, 0.3) is 0 Å². The van der Waals surface area contributed by atoms with Crippen LogP contribution < -0.4 is 10.0 Å². The fourth-order valence-corrected chi connectivity index (χ4v) is 4.51. The van der Waals surface area contributed by atoms with Crippen molar-refractivity contribution in [2.75, 3.05) is 19.6 Å². The van der Waals surface area contributed by atoms with Gasteiger partial charge in [0, 0.05) is 38.0 Å². The van der Waals surface area contributed by atoms with Gasteiger partial charge in [-0.1, -0.05) is 6.07 Å². The van der Waals surface area contributed by atoms with E-state index in [1.54, 1.807) is 18.2 Å². The van der Waals surface area contributed by atoms with Gasteiger partial charge in [0.1, 0.15) is 0 Å². The average Bonchev–Trinajstić information content (AvgIpc) is 3.49. The van der Waals surface area contributed by atoms with Crippen LogP contribution in [0.25, 0.3) is 0 Å². The van der Waals surface area contributed by atoms with Crippen molar-refractivity contribution in [3.63, 3.8) is 0 Å². The smallest absolute Gasteiger partial charge is 0.240 e. The number of benzene rings is 1. The molecule has 0 spiro atoms. The molecule has 2 fully saturated rings. The molecule has 0 bridgehead atoms. The van der Waals surface area contributed by atoms with Gasteiger partial charge >= 0.3 is 0 Å². The van der Waals surface area contributed by atoms with E-state index in [9.17, 15) is 18.0 Å². The zero-order valence-electron chi connectivity index (χ0n) is 16.5. The molecular formula is C20H29N3O4S. The maximum atomic E-state index is 12.3. The molecule has 0 unspecified atom stereocenters. The summed E-state index contributed by atoms with van der Waals surface area (Å²) in [5, 5.41) is 2.95. The Kier molecular flexibility index (Phi) is 6.40. The predicted molar refractivity (Wildman–Crippen MR) is 106 cm³/mol. The average molecular weight is 408 g/mol. The number of sulfonamides is 1. The highest BCUT2D eigenvalue weighted by atomic mass is 32.2. The molecule has 8 heteroatoms. The number of carbonyl (C=O) groups excluding carboxylic acids is 2. The van der Waals surface area contributed by atoms with Gasteiger partial charge in [-0.25, -0.2) is 13.1 Å². The second-order valence-corrected chi connectivity index (χ2v) is 9.60. The summed E-state index contributed by atoms with van der Waals surface area (Å²) in [4.78, 5) is 26.3. The molecule has 0 atom stereocenters.